The summed E-state index contributed by atoms with van der Waals surface area (Å²) in [5, 5.41) is 3.30. The van der Waals surface area contributed by atoms with Crippen LogP contribution in [-0.4, -0.2) is 45.7 Å². The maximum Gasteiger partial charge on any atom is 0.153 e. The van der Waals surface area contributed by atoms with Gasteiger partial charge in [0.15, 0.2) is 9.84 Å². The van der Waals surface area contributed by atoms with Gasteiger partial charge in [-0.25, -0.2) is 8.42 Å². The Labute approximate surface area is 111 Å². The lowest BCUT2D eigenvalue weighted by Gasteiger charge is -2.21. The first kappa shape index (κ1) is 15.9. The van der Waals surface area contributed by atoms with E-state index in [0.29, 0.717) is 19.1 Å². The van der Waals surface area contributed by atoms with Crippen LogP contribution < -0.4 is 5.32 Å². The van der Waals surface area contributed by atoms with E-state index in [1.807, 2.05) is 0 Å². The number of hydrogen-bond donors (Lipinski definition) is 1. The van der Waals surface area contributed by atoms with Crippen molar-refractivity contribution in [2.24, 2.45) is 5.92 Å². The van der Waals surface area contributed by atoms with Crippen molar-refractivity contribution in [1.29, 1.82) is 0 Å². The molecule has 0 saturated heterocycles. The molecule has 0 bridgehead atoms. The minimum absolute atomic E-state index is 0.163. The van der Waals surface area contributed by atoms with E-state index < -0.39 is 9.84 Å². The number of rotatable bonds is 8. The maximum absolute atomic E-state index is 12.3. The van der Waals surface area contributed by atoms with Crippen LogP contribution in [0.2, 0.25) is 0 Å². The van der Waals surface area contributed by atoms with Gasteiger partial charge >= 0.3 is 0 Å². The van der Waals surface area contributed by atoms with Crippen LogP contribution >= 0.6 is 0 Å². The van der Waals surface area contributed by atoms with Crippen LogP contribution in [0.3, 0.4) is 0 Å². The molecule has 0 heterocycles. The van der Waals surface area contributed by atoms with Gasteiger partial charge in [0.1, 0.15) is 0 Å². The van der Waals surface area contributed by atoms with Crippen molar-refractivity contribution in [3.63, 3.8) is 0 Å². The van der Waals surface area contributed by atoms with Crippen molar-refractivity contribution in [3.05, 3.63) is 0 Å². The molecule has 0 aromatic rings. The highest BCUT2D eigenvalue weighted by Crippen LogP contribution is 2.32. The predicted octanol–water partition coefficient (Wildman–Crippen LogP) is 1.60. The molecule has 1 aliphatic carbocycles. The van der Waals surface area contributed by atoms with E-state index in [1.165, 1.54) is 0 Å². The summed E-state index contributed by atoms with van der Waals surface area (Å²) >= 11 is 0. The van der Waals surface area contributed by atoms with Gasteiger partial charge in [-0.2, -0.15) is 0 Å². The van der Waals surface area contributed by atoms with Crippen molar-refractivity contribution < 1.29 is 13.2 Å². The second-order valence-electron chi connectivity index (χ2n) is 5.25. The largest absolute Gasteiger partial charge is 0.385 e. The molecule has 18 heavy (non-hydrogen) atoms. The summed E-state index contributed by atoms with van der Waals surface area (Å²) in [7, 11) is -1.35. The number of methoxy groups -OCH3 is 1. The third-order valence-corrected chi connectivity index (χ3v) is 6.32. The molecule has 0 aliphatic heterocycles. The summed E-state index contributed by atoms with van der Waals surface area (Å²) in [4.78, 5) is 0. The molecular weight excluding hydrogens is 250 g/mol. The predicted molar refractivity (Wildman–Crippen MR) is 74.5 cm³/mol. The summed E-state index contributed by atoms with van der Waals surface area (Å²) in [6, 6.07) is 0.368. The Kier molecular flexibility index (Phi) is 6.60. The highest BCUT2D eigenvalue weighted by molar-refractivity contribution is 7.92. The zero-order valence-corrected chi connectivity index (χ0v) is 12.6. The summed E-state index contributed by atoms with van der Waals surface area (Å²) in [6.45, 7) is 5.70. The molecule has 1 fully saturated rings. The van der Waals surface area contributed by atoms with E-state index in [9.17, 15) is 8.42 Å². The van der Waals surface area contributed by atoms with Crippen LogP contribution in [0.4, 0.5) is 0 Å². The standard InChI is InChI=1S/C13H27NO3S/c1-4-8-14-12-6-7-13(11(12)2)18(15,16)10-5-9-17-3/h11-14H,4-10H2,1-3H3. The molecule has 3 atom stereocenters. The van der Waals surface area contributed by atoms with Gasteiger partial charge in [-0.1, -0.05) is 13.8 Å². The Morgan fingerprint density at radius 1 is 1.33 bits per heavy atom. The van der Waals surface area contributed by atoms with Crippen LogP contribution in [0.5, 0.6) is 0 Å². The Balaban J connectivity index is 2.51. The van der Waals surface area contributed by atoms with Crippen molar-refractivity contribution in [3.8, 4) is 0 Å². The fourth-order valence-electron chi connectivity index (χ4n) is 2.81. The number of sulfone groups is 1. The Hall–Kier alpha value is -0.130. The van der Waals surface area contributed by atoms with Crippen LogP contribution in [0.25, 0.3) is 0 Å². The van der Waals surface area contributed by atoms with E-state index in [2.05, 4.69) is 19.2 Å². The Morgan fingerprint density at radius 2 is 2.06 bits per heavy atom. The van der Waals surface area contributed by atoms with Gasteiger partial charge in [0.05, 0.1) is 11.0 Å². The minimum atomic E-state index is -2.96. The summed E-state index contributed by atoms with van der Waals surface area (Å²) in [5.74, 6) is 0.486. The van der Waals surface area contributed by atoms with Crippen molar-refractivity contribution in [2.45, 2.75) is 50.8 Å². The van der Waals surface area contributed by atoms with E-state index in [0.717, 1.165) is 25.8 Å². The first-order chi connectivity index (χ1) is 8.53. The van der Waals surface area contributed by atoms with Crippen LogP contribution in [0.15, 0.2) is 0 Å². The van der Waals surface area contributed by atoms with Gasteiger partial charge in [-0.3, -0.25) is 0 Å². The number of ether oxygens (including phenoxy) is 1. The molecule has 1 saturated carbocycles. The lowest BCUT2D eigenvalue weighted by Crippen LogP contribution is -2.37. The third kappa shape index (κ3) is 4.21. The van der Waals surface area contributed by atoms with Gasteiger partial charge in [0.25, 0.3) is 0 Å². The molecule has 108 valence electrons. The molecule has 0 radical (unpaired) electrons. The second-order valence-corrected chi connectivity index (χ2v) is 7.59. The molecule has 1 aliphatic rings. The van der Waals surface area contributed by atoms with Crippen molar-refractivity contribution in [2.75, 3.05) is 26.0 Å². The summed E-state index contributed by atoms with van der Waals surface area (Å²) in [5.41, 5.74) is 0. The van der Waals surface area contributed by atoms with Crippen molar-refractivity contribution in [1.82, 2.24) is 5.32 Å². The second kappa shape index (κ2) is 7.46. The normalized spacial score (nSPS) is 28.7. The molecule has 5 heteroatoms. The van der Waals surface area contributed by atoms with E-state index in [4.69, 9.17) is 4.74 Å². The highest BCUT2D eigenvalue weighted by atomic mass is 32.2. The Morgan fingerprint density at radius 3 is 2.67 bits per heavy atom. The maximum atomic E-state index is 12.3. The van der Waals surface area contributed by atoms with Gasteiger partial charge in [0.2, 0.25) is 0 Å². The average Bonchev–Trinajstić information content (AvgIpc) is 2.69. The molecule has 1 rings (SSSR count). The monoisotopic (exact) mass is 277 g/mol. The third-order valence-electron chi connectivity index (χ3n) is 3.88. The molecule has 0 spiro atoms. The molecule has 1 N–H and O–H groups in total. The van der Waals surface area contributed by atoms with Gasteiger partial charge in [0, 0.05) is 19.8 Å². The first-order valence-corrected chi connectivity index (χ1v) is 8.68. The minimum Gasteiger partial charge on any atom is -0.385 e. The summed E-state index contributed by atoms with van der Waals surface area (Å²) in [6.07, 6.45) is 3.48. The molecule has 3 unspecified atom stereocenters. The van der Waals surface area contributed by atoms with Gasteiger partial charge in [-0.15, -0.1) is 0 Å². The van der Waals surface area contributed by atoms with Gasteiger partial charge in [-0.05, 0) is 38.1 Å². The number of hydrogen-bond acceptors (Lipinski definition) is 4. The first-order valence-electron chi connectivity index (χ1n) is 6.96. The quantitative estimate of drug-likeness (QED) is 0.685. The van der Waals surface area contributed by atoms with Crippen LogP contribution in [-0.2, 0) is 14.6 Å². The van der Waals surface area contributed by atoms with E-state index in [1.54, 1.807) is 7.11 Å². The zero-order valence-electron chi connectivity index (χ0n) is 11.8. The van der Waals surface area contributed by atoms with E-state index >= 15 is 0 Å². The lowest BCUT2D eigenvalue weighted by molar-refractivity contribution is 0.199. The molecule has 4 nitrogen and oxygen atoms in total. The SMILES string of the molecule is CCCNC1CCC(S(=O)(=O)CCCOC)C1C. The van der Waals surface area contributed by atoms with Gasteiger partial charge < -0.3 is 10.1 Å². The molecule has 0 aromatic carbocycles. The number of nitrogens with one attached hydrogen (secondary N) is 1. The van der Waals surface area contributed by atoms with Crippen molar-refractivity contribution >= 4 is 9.84 Å². The fraction of sp³-hybridized carbons (Fsp3) is 1.00. The van der Waals surface area contributed by atoms with E-state index in [-0.39, 0.29) is 16.9 Å². The Bertz CT molecular complexity index is 329. The van der Waals surface area contributed by atoms with Crippen LogP contribution in [0.1, 0.15) is 39.5 Å². The summed E-state index contributed by atoms with van der Waals surface area (Å²) < 4.78 is 29.4. The lowest BCUT2D eigenvalue weighted by atomic mass is 10.1. The molecule has 0 aromatic heterocycles. The average molecular weight is 277 g/mol. The fourth-order valence-corrected chi connectivity index (χ4v) is 4.97. The topological polar surface area (TPSA) is 55.4 Å². The molecule has 0 amide bonds. The molecular formula is C13H27NO3S. The van der Waals surface area contributed by atoms with Crippen LogP contribution in [0, 0.1) is 5.92 Å². The highest BCUT2D eigenvalue weighted by Gasteiger charge is 2.39. The zero-order chi connectivity index (χ0) is 13.6. The smallest absolute Gasteiger partial charge is 0.153 e.